The minimum Gasteiger partial charge on any atom is -0.496 e. The van der Waals surface area contributed by atoms with Crippen LogP contribution in [0.3, 0.4) is 0 Å². The fourth-order valence-corrected chi connectivity index (χ4v) is 1.45. The average molecular weight is 226 g/mol. The van der Waals surface area contributed by atoms with E-state index in [2.05, 4.69) is 0 Å². The molecule has 0 amide bonds. The summed E-state index contributed by atoms with van der Waals surface area (Å²) in [6.45, 7) is 3.03. The molecule has 0 bridgehead atoms. The minimum absolute atomic E-state index is 0.0368. The highest BCUT2D eigenvalue weighted by Gasteiger charge is 2.19. The first-order valence-corrected chi connectivity index (χ1v) is 4.85. The van der Waals surface area contributed by atoms with Crippen LogP contribution in [0.15, 0.2) is 15.3 Å². The second-order valence-corrected chi connectivity index (χ2v) is 3.54. The molecule has 1 atom stereocenters. The number of carbonyl (C=O) groups is 1. The highest BCUT2D eigenvalue weighted by Crippen LogP contribution is 2.21. The molecule has 0 aliphatic heterocycles. The molecular formula is C11H14O5. The Morgan fingerprint density at radius 1 is 1.62 bits per heavy atom. The summed E-state index contributed by atoms with van der Waals surface area (Å²) in [6, 6.07) is 1.11. The summed E-state index contributed by atoms with van der Waals surface area (Å²) in [6.07, 6.45) is -0.784. The van der Waals surface area contributed by atoms with Gasteiger partial charge in [-0.15, -0.1) is 0 Å². The van der Waals surface area contributed by atoms with Crippen LogP contribution in [0, 0.1) is 6.92 Å². The Morgan fingerprint density at radius 3 is 2.75 bits per heavy atom. The van der Waals surface area contributed by atoms with E-state index >= 15 is 0 Å². The van der Waals surface area contributed by atoms with Gasteiger partial charge in [0.1, 0.15) is 11.5 Å². The van der Waals surface area contributed by atoms with Crippen LogP contribution in [0.5, 0.6) is 5.75 Å². The number of hydrogen-bond donors (Lipinski definition) is 1. The predicted octanol–water partition coefficient (Wildman–Crippen LogP) is 0.910. The highest BCUT2D eigenvalue weighted by atomic mass is 16.5. The second-order valence-electron chi connectivity index (χ2n) is 3.54. The van der Waals surface area contributed by atoms with E-state index in [9.17, 15) is 9.59 Å². The smallest absolute Gasteiger partial charge is 0.339 e. The van der Waals surface area contributed by atoms with E-state index in [1.54, 1.807) is 0 Å². The molecule has 5 nitrogen and oxygen atoms in total. The van der Waals surface area contributed by atoms with Crippen molar-refractivity contribution in [2.75, 3.05) is 7.11 Å². The Bertz CT molecular complexity index is 444. The van der Waals surface area contributed by atoms with Crippen LogP contribution in [-0.4, -0.2) is 24.1 Å². The molecule has 0 aromatic carbocycles. The van der Waals surface area contributed by atoms with Crippen LogP contribution in [0.25, 0.3) is 0 Å². The number of hydrogen-bond acceptors (Lipinski definition) is 5. The van der Waals surface area contributed by atoms with Crippen molar-refractivity contribution in [3.8, 4) is 5.75 Å². The monoisotopic (exact) mass is 226 g/mol. The van der Waals surface area contributed by atoms with Crippen molar-refractivity contribution in [1.82, 2.24) is 0 Å². The van der Waals surface area contributed by atoms with Crippen molar-refractivity contribution in [2.45, 2.75) is 26.4 Å². The summed E-state index contributed by atoms with van der Waals surface area (Å²) >= 11 is 0. The van der Waals surface area contributed by atoms with E-state index in [4.69, 9.17) is 14.3 Å². The third-order valence-electron chi connectivity index (χ3n) is 2.08. The third-order valence-corrected chi connectivity index (χ3v) is 2.08. The van der Waals surface area contributed by atoms with Crippen molar-refractivity contribution >= 4 is 5.78 Å². The van der Waals surface area contributed by atoms with Gasteiger partial charge in [0.15, 0.2) is 5.78 Å². The normalized spacial score (nSPS) is 12.2. The predicted molar refractivity (Wildman–Crippen MR) is 56.9 cm³/mol. The molecule has 1 aromatic heterocycles. The minimum atomic E-state index is -0.747. The van der Waals surface area contributed by atoms with Gasteiger partial charge in [-0.05, 0) is 13.8 Å². The maximum absolute atomic E-state index is 11.8. The molecule has 16 heavy (non-hydrogen) atoms. The van der Waals surface area contributed by atoms with Crippen molar-refractivity contribution in [2.24, 2.45) is 0 Å². The lowest BCUT2D eigenvalue weighted by Gasteiger charge is -2.09. The van der Waals surface area contributed by atoms with Gasteiger partial charge in [0.2, 0.25) is 0 Å². The first-order valence-electron chi connectivity index (χ1n) is 4.85. The van der Waals surface area contributed by atoms with Crippen molar-refractivity contribution < 1.29 is 19.1 Å². The Balaban J connectivity index is 3.21. The van der Waals surface area contributed by atoms with Crippen LogP contribution >= 0.6 is 0 Å². The van der Waals surface area contributed by atoms with Gasteiger partial charge in [-0.2, -0.15) is 0 Å². The summed E-state index contributed by atoms with van der Waals surface area (Å²) in [7, 11) is 1.37. The topological polar surface area (TPSA) is 76.7 Å². The molecular weight excluding hydrogens is 212 g/mol. The Hall–Kier alpha value is -1.62. The maximum Gasteiger partial charge on any atom is 0.339 e. The summed E-state index contributed by atoms with van der Waals surface area (Å²) < 4.78 is 9.76. The summed E-state index contributed by atoms with van der Waals surface area (Å²) in [4.78, 5) is 22.8. The standard InChI is InChI=1S/C11H14O5/c1-6(12)4-8(13)11-7(2)16-10(14)5-9(11)15-3/h5-6,12H,4H2,1-3H3/t6-/m1/s1. The first kappa shape index (κ1) is 12.4. The summed E-state index contributed by atoms with van der Waals surface area (Å²) in [5, 5.41) is 9.14. The molecule has 1 rings (SSSR count). The lowest BCUT2D eigenvalue weighted by molar-refractivity contribution is 0.0894. The SMILES string of the molecule is COc1cc(=O)oc(C)c1C(=O)C[C@@H](C)O. The van der Waals surface area contributed by atoms with E-state index < -0.39 is 11.7 Å². The molecule has 1 N–H and O–H groups in total. The van der Waals surface area contributed by atoms with Gasteiger partial charge in [-0.1, -0.05) is 0 Å². The van der Waals surface area contributed by atoms with E-state index in [0.29, 0.717) is 0 Å². The number of rotatable bonds is 4. The number of aliphatic hydroxyl groups excluding tert-OH is 1. The van der Waals surface area contributed by atoms with Crippen molar-refractivity contribution in [3.05, 3.63) is 27.8 Å². The maximum atomic E-state index is 11.8. The number of aliphatic hydroxyl groups is 1. The molecule has 0 radical (unpaired) electrons. The molecule has 1 aromatic rings. The van der Waals surface area contributed by atoms with Crippen LogP contribution in [0.2, 0.25) is 0 Å². The molecule has 0 unspecified atom stereocenters. The number of Topliss-reactive ketones (excluding diaryl/α,β-unsaturated/α-hetero) is 1. The number of methoxy groups -OCH3 is 1. The molecule has 88 valence electrons. The zero-order chi connectivity index (χ0) is 12.3. The van der Waals surface area contributed by atoms with Gasteiger partial charge in [0.05, 0.1) is 24.8 Å². The molecule has 0 aliphatic rings. The fraction of sp³-hybridized carbons (Fsp3) is 0.455. The van der Waals surface area contributed by atoms with Gasteiger partial charge in [0, 0.05) is 6.42 Å². The first-order chi connectivity index (χ1) is 7.45. The lowest BCUT2D eigenvalue weighted by Crippen LogP contribution is -2.14. The Morgan fingerprint density at radius 2 is 2.25 bits per heavy atom. The zero-order valence-corrected chi connectivity index (χ0v) is 9.44. The van der Waals surface area contributed by atoms with E-state index in [-0.39, 0.29) is 29.3 Å². The van der Waals surface area contributed by atoms with E-state index in [1.807, 2.05) is 0 Å². The van der Waals surface area contributed by atoms with Crippen LogP contribution < -0.4 is 10.4 Å². The Labute approximate surface area is 92.7 Å². The number of aryl methyl sites for hydroxylation is 1. The van der Waals surface area contributed by atoms with Crippen LogP contribution in [0.4, 0.5) is 0 Å². The average Bonchev–Trinajstić information content (AvgIpc) is 2.14. The quantitative estimate of drug-likeness (QED) is 0.772. The summed E-state index contributed by atoms with van der Waals surface area (Å²) in [5.41, 5.74) is -0.356. The van der Waals surface area contributed by atoms with Gasteiger partial charge < -0.3 is 14.3 Å². The largest absolute Gasteiger partial charge is 0.496 e. The number of ketones is 1. The number of ether oxygens (including phenoxy) is 1. The molecule has 0 saturated heterocycles. The second kappa shape index (κ2) is 4.94. The molecule has 1 heterocycles. The van der Waals surface area contributed by atoms with Crippen LogP contribution in [0.1, 0.15) is 29.5 Å². The molecule has 0 saturated carbocycles. The third kappa shape index (κ3) is 2.70. The molecule has 0 aliphatic carbocycles. The van der Waals surface area contributed by atoms with Gasteiger partial charge in [0.25, 0.3) is 0 Å². The van der Waals surface area contributed by atoms with Gasteiger partial charge in [-0.3, -0.25) is 4.79 Å². The highest BCUT2D eigenvalue weighted by molar-refractivity contribution is 5.99. The Kier molecular flexibility index (Phi) is 3.84. The van der Waals surface area contributed by atoms with Gasteiger partial charge in [-0.25, -0.2) is 4.79 Å². The fourth-order valence-electron chi connectivity index (χ4n) is 1.45. The van der Waals surface area contributed by atoms with Crippen molar-refractivity contribution in [1.29, 1.82) is 0 Å². The van der Waals surface area contributed by atoms with Crippen molar-refractivity contribution in [3.63, 3.8) is 0 Å². The molecule has 0 fully saturated rings. The lowest BCUT2D eigenvalue weighted by atomic mass is 10.0. The molecule has 5 heteroatoms. The van der Waals surface area contributed by atoms with E-state index in [1.165, 1.54) is 21.0 Å². The van der Waals surface area contributed by atoms with Gasteiger partial charge >= 0.3 is 5.63 Å². The van der Waals surface area contributed by atoms with E-state index in [0.717, 1.165) is 6.07 Å². The van der Waals surface area contributed by atoms with Crippen LogP contribution in [-0.2, 0) is 0 Å². The zero-order valence-electron chi connectivity index (χ0n) is 9.44. The summed E-state index contributed by atoms with van der Waals surface area (Å²) in [5.74, 6) is 0.0718. The number of carbonyl (C=O) groups excluding carboxylic acids is 1. The molecule has 0 spiro atoms.